The minimum atomic E-state index is -0.378. The van der Waals surface area contributed by atoms with Gasteiger partial charge in [0.25, 0.3) is 0 Å². The molecule has 5 nitrogen and oxygen atoms in total. The van der Waals surface area contributed by atoms with Crippen molar-refractivity contribution in [2.75, 3.05) is 7.11 Å². The lowest BCUT2D eigenvalue weighted by Gasteiger charge is -2.37. The first kappa shape index (κ1) is 12.2. The molecule has 2 rings (SSSR count). The summed E-state index contributed by atoms with van der Waals surface area (Å²) < 4.78 is 10.7. The number of hydrogen-bond acceptors (Lipinski definition) is 5. The third-order valence-corrected chi connectivity index (χ3v) is 3.60. The van der Waals surface area contributed by atoms with E-state index in [0.29, 0.717) is 18.1 Å². The molecule has 1 aromatic heterocycles. The van der Waals surface area contributed by atoms with Crippen molar-refractivity contribution in [1.29, 1.82) is 0 Å². The van der Waals surface area contributed by atoms with E-state index in [1.54, 1.807) is 14.0 Å². The van der Waals surface area contributed by atoms with Crippen molar-refractivity contribution in [3.8, 4) is 0 Å². The molecule has 0 radical (unpaired) electrons. The predicted molar refractivity (Wildman–Crippen MR) is 60.5 cm³/mol. The minimum absolute atomic E-state index is 0.0581. The number of carbonyl (C=O) groups excluding carboxylic acids is 1. The first-order chi connectivity index (χ1) is 8.13. The highest BCUT2D eigenvalue weighted by molar-refractivity contribution is 5.82. The van der Waals surface area contributed by atoms with E-state index in [4.69, 9.17) is 9.26 Å². The van der Waals surface area contributed by atoms with Gasteiger partial charge in [0.2, 0.25) is 11.7 Å². The summed E-state index contributed by atoms with van der Waals surface area (Å²) in [4.78, 5) is 15.8. The number of ether oxygens (including phenoxy) is 1. The molecule has 0 bridgehead atoms. The van der Waals surface area contributed by atoms with Gasteiger partial charge in [-0.25, -0.2) is 0 Å². The van der Waals surface area contributed by atoms with Crippen LogP contribution in [0.15, 0.2) is 4.52 Å². The number of aromatic nitrogens is 2. The maximum atomic E-state index is 11.4. The van der Waals surface area contributed by atoms with Crippen molar-refractivity contribution in [2.24, 2.45) is 0 Å². The monoisotopic (exact) mass is 238 g/mol. The molecule has 94 valence electrons. The Morgan fingerprint density at radius 2 is 2.29 bits per heavy atom. The standard InChI is InChI=1S/C12H18N2O3/c1-4-9(8(2)15)10-13-11(14-17-10)12(16-3)6-5-7-12/h9H,4-7H2,1-3H3. The molecule has 1 aliphatic carbocycles. The molecule has 0 N–H and O–H groups in total. The molecular formula is C12H18N2O3. The molecule has 1 aromatic rings. The molecule has 1 fully saturated rings. The van der Waals surface area contributed by atoms with Gasteiger partial charge in [-0.1, -0.05) is 12.1 Å². The van der Waals surface area contributed by atoms with Gasteiger partial charge in [0, 0.05) is 7.11 Å². The summed E-state index contributed by atoms with van der Waals surface area (Å²) in [6, 6.07) is 0. The summed E-state index contributed by atoms with van der Waals surface area (Å²) >= 11 is 0. The Hall–Kier alpha value is -1.23. The van der Waals surface area contributed by atoms with Gasteiger partial charge in [-0.05, 0) is 32.6 Å². The van der Waals surface area contributed by atoms with Gasteiger partial charge in [0.15, 0.2) is 0 Å². The van der Waals surface area contributed by atoms with Crippen molar-refractivity contribution in [3.63, 3.8) is 0 Å². The Bertz CT molecular complexity index is 404. The van der Waals surface area contributed by atoms with Crippen LogP contribution in [0, 0.1) is 0 Å². The van der Waals surface area contributed by atoms with Crippen LogP contribution < -0.4 is 0 Å². The van der Waals surface area contributed by atoms with E-state index in [9.17, 15) is 4.79 Å². The molecule has 5 heteroatoms. The molecule has 1 aliphatic rings. The zero-order valence-electron chi connectivity index (χ0n) is 10.5. The second-order valence-corrected chi connectivity index (χ2v) is 4.58. The molecule has 17 heavy (non-hydrogen) atoms. The third kappa shape index (κ3) is 1.99. The van der Waals surface area contributed by atoms with Crippen molar-refractivity contribution >= 4 is 5.78 Å². The van der Waals surface area contributed by atoms with Gasteiger partial charge in [-0.2, -0.15) is 4.98 Å². The van der Waals surface area contributed by atoms with E-state index in [1.807, 2.05) is 6.92 Å². The average Bonchev–Trinajstić information content (AvgIpc) is 2.67. The Kier molecular flexibility index (Phi) is 3.28. The fourth-order valence-electron chi connectivity index (χ4n) is 2.21. The lowest BCUT2D eigenvalue weighted by Crippen LogP contribution is -2.37. The van der Waals surface area contributed by atoms with Gasteiger partial charge in [0.05, 0.1) is 5.92 Å². The molecule has 0 spiro atoms. The van der Waals surface area contributed by atoms with E-state index in [0.717, 1.165) is 19.3 Å². The number of rotatable bonds is 5. The quantitative estimate of drug-likeness (QED) is 0.786. The van der Waals surface area contributed by atoms with Crippen LogP contribution in [-0.2, 0) is 15.1 Å². The number of methoxy groups -OCH3 is 1. The van der Waals surface area contributed by atoms with Crippen LogP contribution in [0.1, 0.15) is 57.2 Å². The Morgan fingerprint density at radius 3 is 2.71 bits per heavy atom. The molecule has 1 unspecified atom stereocenters. The average molecular weight is 238 g/mol. The zero-order valence-corrected chi connectivity index (χ0v) is 10.5. The van der Waals surface area contributed by atoms with Crippen LogP contribution in [0.5, 0.6) is 0 Å². The molecule has 0 amide bonds. The Balaban J connectivity index is 2.23. The number of nitrogens with zero attached hydrogens (tertiary/aromatic N) is 2. The highest BCUT2D eigenvalue weighted by atomic mass is 16.5. The van der Waals surface area contributed by atoms with Crippen molar-refractivity contribution in [2.45, 2.75) is 51.0 Å². The van der Waals surface area contributed by atoms with Crippen LogP contribution in [0.25, 0.3) is 0 Å². The van der Waals surface area contributed by atoms with Gasteiger partial charge < -0.3 is 9.26 Å². The fourth-order valence-corrected chi connectivity index (χ4v) is 2.21. The van der Waals surface area contributed by atoms with E-state index in [1.165, 1.54) is 0 Å². The van der Waals surface area contributed by atoms with E-state index in [2.05, 4.69) is 10.1 Å². The summed E-state index contributed by atoms with van der Waals surface area (Å²) in [6.07, 6.45) is 3.62. The largest absolute Gasteiger partial charge is 0.370 e. The van der Waals surface area contributed by atoms with Crippen LogP contribution in [0.2, 0.25) is 0 Å². The second-order valence-electron chi connectivity index (χ2n) is 4.58. The summed E-state index contributed by atoms with van der Waals surface area (Å²) in [5, 5.41) is 3.97. The summed E-state index contributed by atoms with van der Waals surface area (Å²) in [5.74, 6) is 0.771. The first-order valence-electron chi connectivity index (χ1n) is 6.02. The van der Waals surface area contributed by atoms with Gasteiger partial charge in [0.1, 0.15) is 11.4 Å². The summed E-state index contributed by atoms with van der Waals surface area (Å²) in [7, 11) is 1.66. The van der Waals surface area contributed by atoms with Gasteiger partial charge in [-0.15, -0.1) is 0 Å². The molecule has 0 saturated heterocycles. The van der Waals surface area contributed by atoms with Crippen LogP contribution in [0.4, 0.5) is 0 Å². The number of carbonyl (C=O) groups is 1. The molecule has 1 heterocycles. The smallest absolute Gasteiger partial charge is 0.237 e. The zero-order chi connectivity index (χ0) is 12.5. The maximum absolute atomic E-state index is 11.4. The number of ketones is 1. The molecule has 1 atom stereocenters. The number of hydrogen-bond donors (Lipinski definition) is 0. The van der Waals surface area contributed by atoms with E-state index in [-0.39, 0.29) is 17.3 Å². The van der Waals surface area contributed by atoms with Crippen molar-refractivity contribution in [3.05, 3.63) is 11.7 Å². The van der Waals surface area contributed by atoms with Crippen LogP contribution in [-0.4, -0.2) is 23.0 Å². The normalized spacial score (nSPS) is 19.7. The Morgan fingerprint density at radius 1 is 1.59 bits per heavy atom. The third-order valence-electron chi connectivity index (χ3n) is 3.60. The number of Topliss-reactive ketones (excluding diaryl/α,β-unsaturated/α-hetero) is 1. The summed E-state index contributed by atoms with van der Waals surface area (Å²) in [6.45, 7) is 3.48. The SMILES string of the molecule is CCC(C(C)=O)c1nc(C2(OC)CCC2)no1. The highest BCUT2D eigenvalue weighted by Crippen LogP contribution is 2.43. The van der Waals surface area contributed by atoms with E-state index < -0.39 is 0 Å². The van der Waals surface area contributed by atoms with Crippen LogP contribution >= 0.6 is 0 Å². The minimum Gasteiger partial charge on any atom is -0.370 e. The predicted octanol–water partition coefficient (Wildman–Crippen LogP) is 2.18. The van der Waals surface area contributed by atoms with Gasteiger partial charge in [-0.3, -0.25) is 4.79 Å². The van der Waals surface area contributed by atoms with Crippen molar-refractivity contribution in [1.82, 2.24) is 10.1 Å². The molecule has 0 aliphatic heterocycles. The van der Waals surface area contributed by atoms with Crippen molar-refractivity contribution < 1.29 is 14.1 Å². The highest BCUT2D eigenvalue weighted by Gasteiger charge is 2.43. The molecule has 1 saturated carbocycles. The lowest BCUT2D eigenvalue weighted by atomic mass is 9.79. The first-order valence-corrected chi connectivity index (χ1v) is 6.02. The topological polar surface area (TPSA) is 65.2 Å². The molecule has 0 aromatic carbocycles. The van der Waals surface area contributed by atoms with E-state index >= 15 is 0 Å². The summed E-state index contributed by atoms with van der Waals surface area (Å²) in [5.41, 5.74) is -0.378. The lowest BCUT2D eigenvalue weighted by molar-refractivity contribution is -0.119. The Labute approximate surface area is 101 Å². The van der Waals surface area contributed by atoms with Gasteiger partial charge >= 0.3 is 0 Å². The fraction of sp³-hybridized carbons (Fsp3) is 0.750. The molecular weight excluding hydrogens is 220 g/mol. The second kappa shape index (κ2) is 4.56. The van der Waals surface area contributed by atoms with Crippen LogP contribution in [0.3, 0.4) is 0 Å². The maximum Gasteiger partial charge on any atom is 0.237 e.